The minimum absolute atomic E-state index is 0.141. The molecule has 2 aromatic carbocycles. The van der Waals surface area contributed by atoms with Crippen LogP contribution in [0.1, 0.15) is 34.3 Å². The van der Waals surface area contributed by atoms with Crippen LogP contribution in [0.25, 0.3) is 0 Å². The van der Waals surface area contributed by atoms with E-state index in [2.05, 4.69) is 11.4 Å². The van der Waals surface area contributed by atoms with Gasteiger partial charge >= 0.3 is 5.97 Å². The first-order chi connectivity index (χ1) is 13.1. The molecule has 0 aliphatic carbocycles. The van der Waals surface area contributed by atoms with Crippen molar-refractivity contribution in [2.75, 3.05) is 18.5 Å². The molecule has 5 nitrogen and oxygen atoms in total. The molecule has 0 unspecified atom stereocenters. The maximum Gasteiger partial charge on any atom is 0.335 e. The highest BCUT2D eigenvalue weighted by Gasteiger charge is 2.14. The fourth-order valence-electron chi connectivity index (χ4n) is 3.00. The summed E-state index contributed by atoms with van der Waals surface area (Å²) in [6.07, 6.45) is 2.33. The molecule has 3 rings (SSSR count). The molecule has 6 heteroatoms. The normalized spacial score (nSPS) is 14.7. The molecular formula is C21H23NO4S. The molecule has 2 aromatic rings. The summed E-state index contributed by atoms with van der Waals surface area (Å²) < 4.78 is 5.39. The number of carboxylic acids is 1. The Bertz CT molecular complexity index is 802. The number of hydrogen-bond donors (Lipinski definition) is 2. The molecule has 1 aliphatic rings. The van der Waals surface area contributed by atoms with Gasteiger partial charge in [0, 0.05) is 29.9 Å². The Labute approximate surface area is 163 Å². The Hall–Kier alpha value is -2.31. The monoisotopic (exact) mass is 385 g/mol. The van der Waals surface area contributed by atoms with Gasteiger partial charge in [0.25, 0.3) is 0 Å². The zero-order valence-electron chi connectivity index (χ0n) is 15.0. The van der Waals surface area contributed by atoms with Gasteiger partial charge in [0.2, 0.25) is 5.91 Å². The van der Waals surface area contributed by atoms with E-state index < -0.39 is 5.97 Å². The minimum atomic E-state index is -0.994. The van der Waals surface area contributed by atoms with Crippen LogP contribution in [0.15, 0.2) is 48.5 Å². The first-order valence-electron chi connectivity index (χ1n) is 9.00. The lowest BCUT2D eigenvalue weighted by Gasteiger charge is -2.21. The van der Waals surface area contributed by atoms with Crippen molar-refractivity contribution in [1.29, 1.82) is 0 Å². The second-order valence-electron chi connectivity index (χ2n) is 6.55. The van der Waals surface area contributed by atoms with E-state index in [1.807, 2.05) is 30.0 Å². The van der Waals surface area contributed by atoms with Crippen molar-refractivity contribution in [3.63, 3.8) is 0 Å². The molecule has 0 radical (unpaired) electrons. The molecule has 0 saturated carbocycles. The number of hydrogen-bond acceptors (Lipinski definition) is 4. The molecule has 0 atom stereocenters. The van der Waals surface area contributed by atoms with Crippen LogP contribution in [0.5, 0.6) is 0 Å². The standard InChI is InChI=1S/C21H23NO4S/c23-20(13-15-3-1-5-17(11-15)21(24)25)22-18-6-2-4-16(12-18)14-27-19-7-9-26-10-8-19/h1-6,11-12,19H,7-10,13-14H2,(H,22,23)(H,24,25). The Kier molecular flexibility index (Phi) is 6.90. The van der Waals surface area contributed by atoms with Crippen LogP contribution in [0.3, 0.4) is 0 Å². The largest absolute Gasteiger partial charge is 0.478 e. The molecule has 1 fully saturated rings. The summed E-state index contributed by atoms with van der Waals surface area (Å²) in [5, 5.41) is 12.6. The number of aromatic carboxylic acids is 1. The van der Waals surface area contributed by atoms with Gasteiger partial charge in [-0.25, -0.2) is 4.79 Å². The predicted octanol–water partition coefficient (Wildman–Crippen LogP) is 3.98. The lowest BCUT2D eigenvalue weighted by molar-refractivity contribution is -0.115. The third kappa shape index (κ3) is 6.12. The van der Waals surface area contributed by atoms with Crippen LogP contribution >= 0.6 is 11.8 Å². The molecule has 1 heterocycles. The van der Waals surface area contributed by atoms with Crippen molar-refractivity contribution in [1.82, 2.24) is 0 Å². The summed E-state index contributed by atoms with van der Waals surface area (Å²) >= 11 is 1.94. The second kappa shape index (κ2) is 9.58. The van der Waals surface area contributed by atoms with Crippen LogP contribution in [0.4, 0.5) is 5.69 Å². The van der Waals surface area contributed by atoms with Gasteiger partial charge in [-0.2, -0.15) is 11.8 Å². The summed E-state index contributed by atoms with van der Waals surface area (Å²) in [6, 6.07) is 14.3. The van der Waals surface area contributed by atoms with E-state index in [4.69, 9.17) is 9.84 Å². The van der Waals surface area contributed by atoms with E-state index in [0.717, 1.165) is 37.5 Å². The number of carbonyl (C=O) groups excluding carboxylic acids is 1. The second-order valence-corrected chi connectivity index (χ2v) is 7.84. The van der Waals surface area contributed by atoms with Crippen molar-refractivity contribution in [2.24, 2.45) is 0 Å². The molecule has 1 aliphatic heterocycles. The number of nitrogens with one attached hydrogen (secondary N) is 1. The molecule has 0 aromatic heterocycles. The number of carbonyl (C=O) groups is 2. The van der Waals surface area contributed by atoms with E-state index in [9.17, 15) is 9.59 Å². The van der Waals surface area contributed by atoms with Gasteiger partial charge in [-0.05, 0) is 48.2 Å². The van der Waals surface area contributed by atoms with Crippen LogP contribution < -0.4 is 5.32 Å². The van der Waals surface area contributed by atoms with E-state index in [-0.39, 0.29) is 17.9 Å². The van der Waals surface area contributed by atoms with Crippen molar-refractivity contribution < 1.29 is 19.4 Å². The summed E-state index contributed by atoms with van der Waals surface area (Å²) in [6.45, 7) is 1.69. The summed E-state index contributed by atoms with van der Waals surface area (Å²) in [5.74, 6) is -0.242. The Morgan fingerprint density at radius 1 is 1.07 bits per heavy atom. The van der Waals surface area contributed by atoms with Crippen LogP contribution in [0.2, 0.25) is 0 Å². The number of ether oxygens (including phenoxy) is 1. The molecule has 0 bridgehead atoms. The first kappa shape index (κ1) is 19.5. The fourth-order valence-corrected chi connectivity index (χ4v) is 4.13. The number of carboxylic acid groups (broad SMARTS) is 1. The van der Waals surface area contributed by atoms with Gasteiger partial charge in [0.1, 0.15) is 0 Å². The summed E-state index contributed by atoms with van der Waals surface area (Å²) in [4.78, 5) is 23.3. The third-order valence-electron chi connectivity index (χ3n) is 4.40. The summed E-state index contributed by atoms with van der Waals surface area (Å²) in [5.41, 5.74) is 2.81. The lowest BCUT2D eigenvalue weighted by atomic mass is 10.1. The number of anilines is 1. The zero-order valence-corrected chi connectivity index (χ0v) is 15.8. The number of benzene rings is 2. The highest BCUT2D eigenvalue weighted by molar-refractivity contribution is 7.99. The molecule has 27 heavy (non-hydrogen) atoms. The molecule has 1 amide bonds. The van der Waals surface area contributed by atoms with Crippen molar-refractivity contribution in [3.8, 4) is 0 Å². The van der Waals surface area contributed by atoms with E-state index >= 15 is 0 Å². The van der Waals surface area contributed by atoms with Crippen molar-refractivity contribution >= 4 is 29.3 Å². The smallest absolute Gasteiger partial charge is 0.335 e. The molecule has 1 saturated heterocycles. The SMILES string of the molecule is O=C(Cc1cccc(C(=O)O)c1)Nc1cccc(CSC2CCOCC2)c1. The van der Waals surface area contributed by atoms with Crippen LogP contribution in [-0.4, -0.2) is 35.4 Å². The maximum atomic E-state index is 12.3. The van der Waals surface area contributed by atoms with E-state index in [0.29, 0.717) is 10.8 Å². The van der Waals surface area contributed by atoms with Gasteiger partial charge in [-0.3, -0.25) is 4.79 Å². The average molecular weight is 385 g/mol. The lowest BCUT2D eigenvalue weighted by Crippen LogP contribution is -2.17. The Morgan fingerprint density at radius 3 is 2.59 bits per heavy atom. The number of amides is 1. The Balaban J connectivity index is 1.54. The Morgan fingerprint density at radius 2 is 1.81 bits per heavy atom. The van der Waals surface area contributed by atoms with Gasteiger partial charge in [0.05, 0.1) is 12.0 Å². The first-order valence-corrected chi connectivity index (χ1v) is 10.1. The minimum Gasteiger partial charge on any atom is -0.478 e. The molecule has 2 N–H and O–H groups in total. The highest BCUT2D eigenvalue weighted by Crippen LogP contribution is 2.26. The number of rotatable bonds is 7. The molecule has 142 valence electrons. The van der Waals surface area contributed by atoms with Crippen molar-refractivity contribution in [2.45, 2.75) is 30.3 Å². The summed E-state index contributed by atoms with van der Waals surface area (Å²) in [7, 11) is 0. The van der Waals surface area contributed by atoms with Crippen molar-refractivity contribution in [3.05, 3.63) is 65.2 Å². The van der Waals surface area contributed by atoms with Gasteiger partial charge in [-0.1, -0.05) is 24.3 Å². The van der Waals surface area contributed by atoms with E-state index in [1.54, 1.807) is 12.1 Å². The van der Waals surface area contributed by atoms with Gasteiger partial charge in [0.15, 0.2) is 0 Å². The molecule has 0 spiro atoms. The highest BCUT2D eigenvalue weighted by atomic mass is 32.2. The van der Waals surface area contributed by atoms with E-state index in [1.165, 1.54) is 17.7 Å². The predicted molar refractivity (Wildman–Crippen MR) is 107 cm³/mol. The number of thioether (sulfide) groups is 1. The fraction of sp³-hybridized carbons (Fsp3) is 0.333. The molecular weight excluding hydrogens is 362 g/mol. The maximum absolute atomic E-state index is 12.3. The van der Waals surface area contributed by atoms with Gasteiger partial charge < -0.3 is 15.2 Å². The third-order valence-corrected chi connectivity index (χ3v) is 5.85. The van der Waals surface area contributed by atoms with Gasteiger partial charge in [-0.15, -0.1) is 0 Å². The topological polar surface area (TPSA) is 75.6 Å². The van der Waals surface area contributed by atoms with Crippen LogP contribution in [-0.2, 0) is 21.7 Å². The quantitative estimate of drug-likeness (QED) is 0.754. The average Bonchev–Trinajstić information content (AvgIpc) is 2.67. The zero-order chi connectivity index (χ0) is 19.1. The van der Waals surface area contributed by atoms with Crippen LogP contribution in [0, 0.1) is 0 Å².